The molecule has 1 aliphatic rings. The van der Waals surface area contributed by atoms with E-state index in [1.54, 1.807) is 61.1 Å². The third-order valence-corrected chi connectivity index (χ3v) is 6.06. The molecular weight excluding hydrogens is 470 g/mol. The Morgan fingerprint density at radius 2 is 1.92 bits per heavy atom. The summed E-state index contributed by atoms with van der Waals surface area (Å²) < 4.78 is 13.2. The van der Waals surface area contributed by atoms with E-state index in [1.807, 2.05) is 23.8 Å². The summed E-state index contributed by atoms with van der Waals surface area (Å²) in [5.74, 6) is -0.327. The summed E-state index contributed by atoms with van der Waals surface area (Å²) in [5.41, 5.74) is 1.16. The lowest BCUT2D eigenvalue weighted by atomic mass is 9.95. The standard InChI is InChI=1S/C29H31N3O5/c1-3-17-36-23-11-9-21(10-12-23)27(33)25-26(22-7-5-8-24(19-22)37-18-4-2)32(29(35)28(25)34)15-6-14-31-16-13-30-20-31/h4-5,7-13,16,19-20,26,33H,2-3,6,14-15,17-18H2,1H3. The number of amides is 1. The molecule has 2 aromatic carbocycles. The van der Waals surface area contributed by atoms with Crippen molar-refractivity contribution in [1.82, 2.24) is 14.5 Å². The molecule has 2 heterocycles. The number of aliphatic hydroxyl groups excluding tert-OH is 1. The number of aryl methyl sites for hydroxylation is 1. The number of hydrogen-bond acceptors (Lipinski definition) is 6. The number of carbonyl (C=O) groups excluding carboxylic acids is 2. The van der Waals surface area contributed by atoms with Crippen LogP contribution in [0.5, 0.6) is 11.5 Å². The van der Waals surface area contributed by atoms with Crippen LogP contribution in [0.25, 0.3) is 5.76 Å². The van der Waals surface area contributed by atoms with Crippen LogP contribution < -0.4 is 9.47 Å². The molecule has 0 spiro atoms. The average Bonchev–Trinajstić information content (AvgIpc) is 3.53. The number of ether oxygens (including phenoxy) is 2. The maximum absolute atomic E-state index is 13.3. The fraction of sp³-hybridized carbons (Fsp3) is 0.276. The number of carbonyl (C=O) groups is 2. The molecule has 37 heavy (non-hydrogen) atoms. The second-order valence-corrected chi connectivity index (χ2v) is 8.69. The highest BCUT2D eigenvalue weighted by Crippen LogP contribution is 2.40. The number of rotatable bonds is 12. The van der Waals surface area contributed by atoms with Crippen LogP contribution in [-0.4, -0.2) is 51.0 Å². The first-order valence-electron chi connectivity index (χ1n) is 12.3. The molecule has 1 saturated heterocycles. The lowest BCUT2D eigenvalue weighted by Gasteiger charge is -2.25. The maximum Gasteiger partial charge on any atom is 0.295 e. The predicted molar refractivity (Wildman–Crippen MR) is 140 cm³/mol. The molecule has 1 amide bonds. The molecule has 3 aromatic rings. The maximum atomic E-state index is 13.3. The quantitative estimate of drug-likeness (QED) is 0.167. The van der Waals surface area contributed by atoms with Gasteiger partial charge in [-0.25, -0.2) is 4.98 Å². The van der Waals surface area contributed by atoms with E-state index in [0.717, 1.165) is 6.42 Å². The van der Waals surface area contributed by atoms with Gasteiger partial charge in [0.15, 0.2) is 0 Å². The number of hydrogen-bond donors (Lipinski definition) is 1. The van der Waals surface area contributed by atoms with Gasteiger partial charge in [0.1, 0.15) is 23.9 Å². The van der Waals surface area contributed by atoms with Crippen LogP contribution in [0.2, 0.25) is 0 Å². The minimum atomic E-state index is -0.758. The Morgan fingerprint density at radius 1 is 1.11 bits per heavy atom. The summed E-state index contributed by atoms with van der Waals surface area (Å²) in [6.07, 6.45) is 8.37. The molecule has 1 aliphatic heterocycles. The molecule has 1 atom stereocenters. The lowest BCUT2D eigenvalue weighted by molar-refractivity contribution is -0.139. The van der Waals surface area contributed by atoms with E-state index in [-0.39, 0.29) is 11.3 Å². The van der Waals surface area contributed by atoms with Crippen LogP contribution in [0, 0.1) is 0 Å². The zero-order valence-corrected chi connectivity index (χ0v) is 20.9. The Morgan fingerprint density at radius 3 is 2.62 bits per heavy atom. The molecule has 1 aromatic heterocycles. The molecule has 1 unspecified atom stereocenters. The number of aromatic nitrogens is 2. The van der Waals surface area contributed by atoms with E-state index >= 15 is 0 Å². The number of benzene rings is 2. The van der Waals surface area contributed by atoms with Crippen molar-refractivity contribution in [2.75, 3.05) is 19.8 Å². The van der Waals surface area contributed by atoms with Crippen molar-refractivity contribution < 1.29 is 24.2 Å². The van der Waals surface area contributed by atoms with Crippen LogP contribution in [-0.2, 0) is 16.1 Å². The first-order chi connectivity index (χ1) is 18.0. The highest BCUT2D eigenvalue weighted by molar-refractivity contribution is 6.46. The van der Waals surface area contributed by atoms with Gasteiger partial charge in [-0.15, -0.1) is 0 Å². The number of likely N-dealkylation sites (tertiary alicyclic amines) is 1. The molecular formula is C29H31N3O5. The Labute approximate surface area is 216 Å². The van der Waals surface area contributed by atoms with Gasteiger partial charge in [-0.1, -0.05) is 31.7 Å². The zero-order chi connectivity index (χ0) is 26.2. The van der Waals surface area contributed by atoms with Crippen molar-refractivity contribution in [3.8, 4) is 11.5 Å². The number of ketones is 1. The molecule has 8 nitrogen and oxygen atoms in total. The Hall–Kier alpha value is -4.33. The Kier molecular flexibility index (Phi) is 8.40. The summed E-state index contributed by atoms with van der Waals surface area (Å²) in [6, 6.07) is 13.3. The lowest BCUT2D eigenvalue weighted by Crippen LogP contribution is -2.31. The predicted octanol–water partition coefficient (Wildman–Crippen LogP) is 4.75. The van der Waals surface area contributed by atoms with Crippen molar-refractivity contribution in [2.24, 2.45) is 0 Å². The second-order valence-electron chi connectivity index (χ2n) is 8.69. The van der Waals surface area contributed by atoms with Crippen molar-refractivity contribution in [3.05, 3.63) is 96.6 Å². The minimum Gasteiger partial charge on any atom is -0.507 e. The van der Waals surface area contributed by atoms with Gasteiger partial charge < -0.3 is 24.0 Å². The van der Waals surface area contributed by atoms with Crippen LogP contribution >= 0.6 is 0 Å². The first-order valence-corrected chi connectivity index (χ1v) is 12.3. The van der Waals surface area contributed by atoms with Gasteiger partial charge in [-0.2, -0.15) is 0 Å². The van der Waals surface area contributed by atoms with Crippen molar-refractivity contribution in [2.45, 2.75) is 32.4 Å². The summed E-state index contributed by atoms with van der Waals surface area (Å²) >= 11 is 0. The SMILES string of the molecule is C=CCOc1cccc(C2C(=C(O)c3ccc(OCCC)cc3)C(=O)C(=O)N2CCCn2ccnc2)c1. The summed E-state index contributed by atoms with van der Waals surface area (Å²) in [5, 5.41) is 11.3. The fourth-order valence-electron chi connectivity index (χ4n) is 4.31. The molecule has 0 saturated carbocycles. The first kappa shape index (κ1) is 25.8. The van der Waals surface area contributed by atoms with Gasteiger partial charge in [-0.3, -0.25) is 9.59 Å². The van der Waals surface area contributed by atoms with Gasteiger partial charge in [0, 0.05) is 31.0 Å². The van der Waals surface area contributed by atoms with Crippen molar-refractivity contribution in [1.29, 1.82) is 0 Å². The molecule has 192 valence electrons. The molecule has 8 heteroatoms. The van der Waals surface area contributed by atoms with E-state index in [1.165, 1.54) is 4.90 Å². The third-order valence-electron chi connectivity index (χ3n) is 6.06. The zero-order valence-electron chi connectivity index (χ0n) is 20.9. The average molecular weight is 502 g/mol. The molecule has 0 radical (unpaired) electrons. The smallest absolute Gasteiger partial charge is 0.295 e. The Balaban J connectivity index is 1.70. The van der Waals surface area contributed by atoms with E-state index in [2.05, 4.69) is 11.6 Å². The fourth-order valence-corrected chi connectivity index (χ4v) is 4.31. The molecule has 1 N–H and O–H groups in total. The molecule has 0 bridgehead atoms. The van der Waals surface area contributed by atoms with Crippen molar-refractivity contribution in [3.63, 3.8) is 0 Å². The number of Topliss-reactive ketones (excluding diaryl/α,β-unsaturated/α-hetero) is 1. The highest BCUT2D eigenvalue weighted by Gasteiger charge is 2.45. The summed E-state index contributed by atoms with van der Waals surface area (Å²) in [7, 11) is 0. The number of imidazole rings is 1. The summed E-state index contributed by atoms with van der Waals surface area (Å²) in [4.78, 5) is 32.1. The monoisotopic (exact) mass is 501 g/mol. The summed E-state index contributed by atoms with van der Waals surface area (Å²) in [6.45, 7) is 7.56. The normalized spacial score (nSPS) is 16.7. The van der Waals surface area contributed by atoms with Gasteiger partial charge in [0.2, 0.25) is 0 Å². The van der Waals surface area contributed by atoms with Gasteiger partial charge >= 0.3 is 0 Å². The van der Waals surface area contributed by atoms with E-state index in [9.17, 15) is 14.7 Å². The van der Waals surface area contributed by atoms with E-state index in [0.29, 0.717) is 55.4 Å². The molecule has 0 aliphatic carbocycles. The molecule has 4 rings (SSSR count). The van der Waals surface area contributed by atoms with Gasteiger partial charge in [-0.05, 0) is 54.8 Å². The van der Waals surface area contributed by atoms with E-state index in [4.69, 9.17) is 9.47 Å². The molecule has 1 fully saturated rings. The third kappa shape index (κ3) is 5.91. The Bertz CT molecular complexity index is 1260. The topological polar surface area (TPSA) is 93.9 Å². The van der Waals surface area contributed by atoms with Gasteiger partial charge in [0.25, 0.3) is 11.7 Å². The number of nitrogens with zero attached hydrogens (tertiary/aromatic N) is 3. The minimum absolute atomic E-state index is 0.0516. The van der Waals surface area contributed by atoms with Crippen LogP contribution in [0.15, 0.2) is 85.5 Å². The van der Waals surface area contributed by atoms with E-state index < -0.39 is 17.7 Å². The van der Waals surface area contributed by atoms with Crippen molar-refractivity contribution >= 4 is 17.4 Å². The van der Waals surface area contributed by atoms with Crippen LogP contribution in [0.3, 0.4) is 0 Å². The highest BCUT2D eigenvalue weighted by atomic mass is 16.5. The number of aliphatic hydroxyl groups is 1. The second kappa shape index (κ2) is 12.1. The largest absolute Gasteiger partial charge is 0.507 e. The van der Waals surface area contributed by atoms with Crippen LogP contribution in [0.4, 0.5) is 0 Å². The van der Waals surface area contributed by atoms with Gasteiger partial charge in [0.05, 0.1) is 24.5 Å². The van der Waals surface area contributed by atoms with Crippen LogP contribution in [0.1, 0.15) is 36.9 Å².